The Labute approximate surface area is 180 Å². The zero-order valence-electron chi connectivity index (χ0n) is 18.1. The molecule has 0 spiro atoms. The highest BCUT2D eigenvalue weighted by Gasteiger charge is 2.42. The van der Waals surface area contributed by atoms with E-state index >= 15 is 0 Å². The summed E-state index contributed by atoms with van der Waals surface area (Å²) in [4.78, 5) is 2.05. The van der Waals surface area contributed by atoms with Crippen molar-refractivity contribution in [3.05, 3.63) is 78.9 Å². The fraction of sp³-hybridized carbons (Fsp3) is 0.250. The monoisotopic (exact) mass is 419 g/mol. The van der Waals surface area contributed by atoms with Gasteiger partial charge in [-0.2, -0.15) is 10.2 Å². The molecule has 0 radical (unpaired) electrons. The average molecular weight is 420 g/mol. The molecule has 0 atom stereocenters. The van der Waals surface area contributed by atoms with Gasteiger partial charge in [-0.15, -0.1) is 0 Å². The smallest absolute Gasteiger partial charge is 0.388 e. The lowest BCUT2D eigenvalue weighted by Gasteiger charge is -2.30. The van der Waals surface area contributed by atoms with Gasteiger partial charge in [0.15, 0.2) is 0 Å². The first kappa shape index (κ1) is 21.9. The second kappa shape index (κ2) is 10.3. The van der Waals surface area contributed by atoms with E-state index in [1.165, 1.54) is 0 Å². The molecule has 0 aromatic heterocycles. The number of azo groups is 1. The van der Waals surface area contributed by atoms with Gasteiger partial charge in [0.2, 0.25) is 0 Å². The maximum atomic E-state index is 6.30. The molecule has 0 amide bonds. The molecular formula is C24H29N3O2Si. The minimum absolute atomic E-state index is 0.589. The van der Waals surface area contributed by atoms with Gasteiger partial charge in [0.25, 0.3) is 0 Å². The molecule has 3 aromatic carbocycles. The molecule has 6 heteroatoms. The summed E-state index contributed by atoms with van der Waals surface area (Å²) in [5.41, 5.74) is 2.74. The Kier molecular flexibility index (Phi) is 7.51. The number of hydrogen-bond acceptors (Lipinski definition) is 5. The molecule has 0 bridgehead atoms. The molecule has 0 saturated carbocycles. The van der Waals surface area contributed by atoms with Gasteiger partial charge in [-0.05, 0) is 60.6 Å². The second-order valence-corrected chi connectivity index (χ2v) is 9.97. The first-order chi connectivity index (χ1) is 14.6. The maximum absolute atomic E-state index is 6.30. The van der Waals surface area contributed by atoms with E-state index in [0.717, 1.165) is 27.4 Å². The van der Waals surface area contributed by atoms with Gasteiger partial charge < -0.3 is 13.8 Å². The summed E-state index contributed by atoms with van der Waals surface area (Å²) in [6.45, 7) is 5.19. The van der Waals surface area contributed by atoms with Crippen LogP contribution >= 0.6 is 0 Å². The molecule has 0 saturated heterocycles. The Balaban J connectivity index is 1.86. The van der Waals surface area contributed by atoms with Gasteiger partial charge in [0, 0.05) is 33.0 Å². The molecule has 0 aliphatic heterocycles. The van der Waals surface area contributed by atoms with E-state index in [1.807, 2.05) is 94.7 Å². The van der Waals surface area contributed by atoms with Crippen LogP contribution in [0.15, 0.2) is 89.1 Å². The van der Waals surface area contributed by atoms with Crippen LogP contribution in [0, 0.1) is 0 Å². The standard InChI is InChI=1S/C24H29N3O2Si/c1-5-28-30(29-6-2,23-10-8-7-9-11-23)24-18-14-21(15-19-24)26-25-20-12-16-22(17-13-20)27(3)4/h7-19H,5-6H2,1-4H3. The van der Waals surface area contributed by atoms with Crippen molar-refractivity contribution < 1.29 is 8.85 Å². The highest BCUT2D eigenvalue weighted by Crippen LogP contribution is 2.21. The van der Waals surface area contributed by atoms with E-state index in [4.69, 9.17) is 8.85 Å². The fourth-order valence-corrected chi connectivity index (χ4v) is 6.42. The lowest BCUT2D eigenvalue weighted by Crippen LogP contribution is -2.63. The third-order valence-corrected chi connectivity index (χ3v) is 8.32. The van der Waals surface area contributed by atoms with E-state index < -0.39 is 8.56 Å². The van der Waals surface area contributed by atoms with Crippen LogP contribution in [0.5, 0.6) is 0 Å². The van der Waals surface area contributed by atoms with Gasteiger partial charge in [-0.25, -0.2) is 0 Å². The predicted octanol–water partition coefficient (Wildman–Crippen LogP) is 4.80. The first-order valence-corrected chi connectivity index (χ1v) is 12.0. The molecule has 3 rings (SSSR count). The maximum Gasteiger partial charge on any atom is 0.407 e. The van der Waals surface area contributed by atoms with Gasteiger partial charge in [0.05, 0.1) is 11.4 Å². The van der Waals surface area contributed by atoms with Gasteiger partial charge in [0.1, 0.15) is 0 Å². The molecule has 0 aliphatic rings. The van der Waals surface area contributed by atoms with Crippen molar-refractivity contribution in [2.45, 2.75) is 13.8 Å². The number of nitrogens with zero attached hydrogens (tertiary/aromatic N) is 3. The van der Waals surface area contributed by atoms with Crippen molar-refractivity contribution in [1.82, 2.24) is 0 Å². The van der Waals surface area contributed by atoms with Crippen LogP contribution in [0.25, 0.3) is 0 Å². The lowest BCUT2D eigenvalue weighted by atomic mass is 10.3. The third kappa shape index (κ3) is 5.02. The Bertz CT molecular complexity index is 936. The minimum Gasteiger partial charge on any atom is -0.388 e. The van der Waals surface area contributed by atoms with Crippen molar-refractivity contribution in [1.29, 1.82) is 0 Å². The van der Waals surface area contributed by atoms with E-state index in [1.54, 1.807) is 0 Å². The van der Waals surface area contributed by atoms with Crippen molar-refractivity contribution >= 4 is 36.0 Å². The summed E-state index contributed by atoms with van der Waals surface area (Å²) in [7, 11) is 1.28. The average Bonchev–Trinajstić information content (AvgIpc) is 2.78. The summed E-state index contributed by atoms with van der Waals surface area (Å²) < 4.78 is 12.6. The molecule has 5 nitrogen and oxygen atoms in total. The van der Waals surface area contributed by atoms with Gasteiger partial charge >= 0.3 is 8.56 Å². The van der Waals surface area contributed by atoms with Crippen LogP contribution in [0.1, 0.15) is 13.8 Å². The van der Waals surface area contributed by atoms with E-state index in [9.17, 15) is 0 Å². The number of rotatable bonds is 9. The first-order valence-electron chi connectivity index (χ1n) is 10.2. The zero-order chi connectivity index (χ0) is 21.4. The van der Waals surface area contributed by atoms with Crippen LogP contribution in [0.3, 0.4) is 0 Å². The fourth-order valence-electron chi connectivity index (χ4n) is 3.29. The Hall–Kier alpha value is -2.80. The predicted molar refractivity (Wildman–Crippen MR) is 126 cm³/mol. The second-order valence-electron chi connectivity index (χ2n) is 7.01. The molecule has 0 fully saturated rings. The van der Waals surface area contributed by atoms with Crippen LogP contribution in [-0.2, 0) is 8.85 Å². The SMILES string of the molecule is CCO[Si](OCC)(c1ccccc1)c1ccc(N=Nc2ccc(N(C)C)cc2)cc1. The largest absolute Gasteiger partial charge is 0.407 e. The van der Waals surface area contributed by atoms with Crippen LogP contribution < -0.4 is 15.3 Å². The van der Waals surface area contributed by atoms with Crippen LogP contribution in [0.2, 0.25) is 0 Å². The Morgan fingerprint density at radius 1 is 0.667 bits per heavy atom. The highest BCUT2D eigenvalue weighted by molar-refractivity contribution is 6.92. The van der Waals surface area contributed by atoms with Crippen molar-refractivity contribution in [3.63, 3.8) is 0 Å². The van der Waals surface area contributed by atoms with Crippen molar-refractivity contribution in [2.75, 3.05) is 32.2 Å². The Morgan fingerprint density at radius 2 is 1.13 bits per heavy atom. The number of benzene rings is 3. The highest BCUT2D eigenvalue weighted by atomic mass is 28.4. The van der Waals surface area contributed by atoms with Crippen molar-refractivity contribution in [2.24, 2.45) is 10.2 Å². The molecule has 3 aromatic rings. The lowest BCUT2D eigenvalue weighted by molar-refractivity contribution is 0.208. The quantitative estimate of drug-likeness (QED) is 0.370. The van der Waals surface area contributed by atoms with Gasteiger partial charge in [-0.1, -0.05) is 42.5 Å². The van der Waals surface area contributed by atoms with Gasteiger partial charge in [-0.3, -0.25) is 0 Å². The molecular weight excluding hydrogens is 390 g/mol. The molecule has 0 unspecified atom stereocenters. The summed E-state index contributed by atoms with van der Waals surface area (Å²) in [5, 5.41) is 10.9. The molecule has 0 N–H and O–H groups in total. The van der Waals surface area contributed by atoms with Crippen LogP contribution in [-0.4, -0.2) is 35.9 Å². The van der Waals surface area contributed by atoms with E-state index in [2.05, 4.69) is 27.3 Å². The normalized spacial score (nSPS) is 11.7. The Morgan fingerprint density at radius 3 is 1.60 bits per heavy atom. The number of hydrogen-bond donors (Lipinski definition) is 0. The summed E-state index contributed by atoms with van der Waals surface area (Å²) in [6.07, 6.45) is 0. The molecule has 0 aliphatic carbocycles. The minimum atomic E-state index is -2.75. The van der Waals surface area contributed by atoms with Crippen LogP contribution in [0.4, 0.5) is 17.1 Å². The van der Waals surface area contributed by atoms with E-state index in [-0.39, 0.29) is 0 Å². The van der Waals surface area contributed by atoms with Crippen molar-refractivity contribution in [3.8, 4) is 0 Å². The summed E-state index contributed by atoms with van der Waals surface area (Å²) in [6, 6.07) is 26.3. The third-order valence-electron chi connectivity index (χ3n) is 4.74. The topological polar surface area (TPSA) is 46.4 Å². The zero-order valence-corrected chi connectivity index (χ0v) is 19.1. The summed E-state index contributed by atoms with van der Waals surface area (Å²) >= 11 is 0. The molecule has 156 valence electrons. The molecule has 30 heavy (non-hydrogen) atoms. The molecule has 0 heterocycles. The summed E-state index contributed by atoms with van der Waals surface area (Å²) in [5.74, 6) is 0. The number of anilines is 1. The van der Waals surface area contributed by atoms with E-state index in [0.29, 0.717) is 13.2 Å².